The first-order valence-corrected chi connectivity index (χ1v) is 10.5. The zero-order valence-corrected chi connectivity index (χ0v) is 17.2. The van der Waals surface area contributed by atoms with Crippen LogP contribution < -0.4 is 5.32 Å². The van der Waals surface area contributed by atoms with Crippen molar-refractivity contribution in [1.29, 1.82) is 0 Å². The van der Waals surface area contributed by atoms with E-state index in [2.05, 4.69) is 24.1 Å². The molecule has 2 saturated heterocycles. The number of carbonyl (C=O) groups excluding carboxylic acids is 3. The fourth-order valence-electron chi connectivity index (χ4n) is 4.21. The molecule has 7 nitrogen and oxygen atoms in total. The summed E-state index contributed by atoms with van der Waals surface area (Å²) in [5, 5.41) is 4.71. The minimum Gasteiger partial charge on any atom is -0.354 e. The third-order valence-corrected chi connectivity index (χ3v) is 5.79. The van der Waals surface area contributed by atoms with E-state index < -0.39 is 0 Å². The third kappa shape index (κ3) is 4.15. The summed E-state index contributed by atoms with van der Waals surface area (Å²) in [5.74, 6) is -0.112. The molecule has 0 saturated carbocycles. The Balaban J connectivity index is 1.80. The van der Waals surface area contributed by atoms with E-state index in [9.17, 15) is 14.4 Å². The molecule has 2 aliphatic heterocycles. The first kappa shape index (κ1) is 19.8. The summed E-state index contributed by atoms with van der Waals surface area (Å²) in [6, 6.07) is -0.147. The van der Waals surface area contributed by atoms with Crippen LogP contribution in [0.3, 0.4) is 0 Å². The van der Waals surface area contributed by atoms with Crippen molar-refractivity contribution in [3.05, 3.63) is 16.6 Å². The van der Waals surface area contributed by atoms with E-state index in [0.717, 1.165) is 6.42 Å². The van der Waals surface area contributed by atoms with Crippen molar-refractivity contribution in [2.24, 2.45) is 11.8 Å². The Morgan fingerprint density at radius 2 is 2.07 bits per heavy atom. The zero-order chi connectivity index (χ0) is 19.7. The van der Waals surface area contributed by atoms with Crippen molar-refractivity contribution in [3.8, 4) is 0 Å². The van der Waals surface area contributed by atoms with Gasteiger partial charge in [-0.25, -0.2) is 4.98 Å². The van der Waals surface area contributed by atoms with Gasteiger partial charge in [-0.2, -0.15) is 0 Å². The lowest BCUT2D eigenvalue weighted by molar-refractivity contribution is -0.140. The Labute approximate surface area is 164 Å². The van der Waals surface area contributed by atoms with Crippen molar-refractivity contribution < 1.29 is 14.4 Å². The van der Waals surface area contributed by atoms with Gasteiger partial charge in [-0.15, -0.1) is 11.3 Å². The van der Waals surface area contributed by atoms with Gasteiger partial charge in [0.15, 0.2) is 0 Å². The summed E-state index contributed by atoms with van der Waals surface area (Å²) in [5.41, 5.74) is 2.00. The van der Waals surface area contributed by atoms with E-state index in [0.29, 0.717) is 24.6 Å². The van der Waals surface area contributed by atoms with Gasteiger partial charge < -0.3 is 15.1 Å². The average Bonchev–Trinajstić information content (AvgIpc) is 3.21. The maximum absolute atomic E-state index is 12.9. The van der Waals surface area contributed by atoms with E-state index in [-0.39, 0.29) is 48.3 Å². The molecule has 3 rings (SSSR count). The zero-order valence-electron chi connectivity index (χ0n) is 16.3. The summed E-state index contributed by atoms with van der Waals surface area (Å²) >= 11 is 1.36. The van der Waals surface area contributed by atoms with Gasteiger partial charge in [-0.3, -0.25) is 14.4 Å². The first-order chi connectivity index (χ1) is 12.8. The predicted octanol–water partition coefficient (Wildman–Crippen LogP) is 1.76. The molecule has 3 atom stereocenters. The van der Waals surface area contributed by atoms with E-state index in [1.807, 2.05) is 18.7 Å². The highest BCUT2D eigenvalue weighted by molar-refractivity contribution is 7.07. The number of nitrogens with one attached hydrogen (secondary N) is 1. The molecule has 0 radical (unpaired) electrons. The summed E-state index contributed by atoms with van der Waals surface area (Å²) in [4.78, 5) is 45.9. The van der Waals surface area contributed by atoms with Crippen LogP contribution in [0.5, 0.6) is 0 Å². The first-order valence-electron chi connectivity index (χ1n) is 9.57. The highest BCUT2D eigenvalue weighted by Crippen LogP contribution is 2.36. The maximum Gasteiger partial charge on any atom is 0.273 e. The normalized spacial score (nSPS) is 25.3. The molecule has 2 fully saturated rings. The van der Waals surface area contributed by atoms with Gasteiger partial charge in [-0.1, -0.05) is 13.8 Å². The molecule has 3 heterocycles. The standard InChI is InChI=1S/C19H28N4O3S/c1-11(2)5-16-14(18(25)21-12(3)4)6-13-7-22(8-17(24)23(13)16)19(26)15-9-27-10-20-15/h9-14,16H,5-8H2,1-4H3,(H,21,25)/t13-,14-,16-/m0/s1. The second kappa shape index (κ2) is 7.96. The molecule has 0 aliphatic carbocycles. The number of hydrogen-bond donors (Lipinski definition) is 1. The molecule has 0 unspecified atom stereocenters. The minimum atomic E-state index is -0.224. The topological polar surface area (TPSA) is 82.6 Å². The lowest BCUT2D eigenvalue weighted by Crippen LogP contribution is -2.58. The highest BCUT2D eigenvalue weighted by atomic mass is 32.1. The van der Waals surface area contributed by atoms with Crippen molar-refractivity contribution in [1.82, 2.24) is 20.1 Å². The highest BCUT2D eigenvalue weighted by Gasteiger charge is 2.50. The van der Waals surface area contributed by atoms with Gasteiger partial charge in [-0.05, 0) is 32.6 Å². The van der Waals surface area contributed by atoms with Crippen LogP contribution in [0.25, 0.3) is 0 Å². The molecule has 1 aromatic heterocycles. The van der Waals surface area contributed by atoms with Crippen molar-refractivity contribution >= 4 is 29.1 Å². The van der Waals surface area contributed by atoms with E-state index in [1.54, 1.807) is 15.8 Å². The van der Waals surface area contributed by atoms with Crippen LogP contribution in [0.4, 0.5) is 0 Å². The number of thiazole rings is 1. The summed E-state index contributed by atoms with van der Waals surface area (Å²) in [6.07, 6.45) is 1.39. The molecule has 27 heavy (non-hydrogen) atoms. The molecule has 3 amide bonds. The van der Waals surface area contributed by atoms with Crippen LogP contribution >= 0.6 is 11.3 Å². The van der Waals surface area contributed by atoms with E-state index in [4.69, 9.17) is 0 Å². The second-order valence-corrected chi connectivity index (χ2v) is 8.94. The average molecular weight is 393 g/mol. The van der Waals surface area contributed by atoms with Crippen molar-refractivity contribution in [3.63, 3.8) is 0 Å². The summed E-state index contributed by atoms with van der Waals surface area (Å²) < 4.78 is 0. The SMILES string of the molecule is CC(C)C[C@H]1[C@@H](C(=O)NC(C)C)C[C@H]2CN(C(=O)c3cscn3)CC(=O)N21. The Hall–Kier alpha value is -1.96. The summed E-state index contributed by atoms with van der Waals surface area (Å²) in [7, 11) is 0. The number of nitrogens with zero attached hydrogens (tertiary/aromatic N) is 3. The van der Waals surface area contributed by atoms with Crippen LogP contribution in [0.2, 0.25) is 0 Å². The molecule has 148 valence electrons. The van der Waals surface area contributed by atoms with Gasteiger partial charge in [0, 0.05) is 24.0 Å². The Morgan fingerprint density at radius 3 is 2.67 bits per heavy atom. The van der Waals surface area contributed by atoms with Gasteiger partial charge in [0.05, 0.1) is 17.5 Å². The molecule has 2 aliphatic rings. The number of carbonyl (C=O) groups is 3. The van der Waals surface area contributed by atoms with Gasteiger partial charge in [0.2, 0.25) is 11.8 Å². The lowest BCUT2D eigenvalue weighted by Gasteiger charge is -2.40. The van der Waals surface area contributed by atoms with Crippen LogP contribution in [0.1, 0.15) is 51.0 Å². The van der Waals surface area contributed by atoms with Gasteiger partial charge >= 0.3 is 0 Å². The monoisotopic (exact) mass is 392 g/mol. The predicted molar refractivity (Wildman–Crippen MR) is 103 cm³/mol. The van der Waals surface area contributed by atoms with E-state index in [1.165, 1.54) is 11.3 Å². The van der Waals surface area contributed by atoms with Crippen LogP contribution in [-0.2, 0) is 9.59 Å². The van der Waals surface area contributed by atoms with E-state index >= 15 is 0 Å². The number of rotatable bonds is 5. The Kier molecular flexibility index (Phi) is 5.83. The molecule has 8 heteroatoms. The molecule has 0 bridgehead atoms. The van der Waals surface area contributed by atoms with Crippen LogP contribution in [-0.4, -0.2) is 63.7 Å². The smallest absolute Gasteiger partial charge is 0.273 e. The molecule has 1 N–H and O–H groups in total. The number of fused-ring (bicyclic) bond motifs is 1. The molecular formula is C19H28N4O3S. The second-order valence-electron chi connectivity index (χ2n) is 8.22. The number of aromatic nitrogens is 1. The van der Waals surface area contributed by atoms with Crippen molar-refractivity contribution in [2.75, 3.05) is 13.1 Å². The molecule has 0 spiro atoms. The Morgan fingerprint density at radius 1 is 1.33 bits per heavy atom. The molecule has 0 aromatic carbocycles. The molecule has 1 aromatic rings. The van der Waals surface area contributed by atoms with Crippen LogP contribution in [0.15, 0.2) is 10.9 Å². The maximum atomic E-state index is 12.9. The Bertz CT molecular complexity index is 704. The quantitative estimate of drug-likeness (QED) is 0.828. The molecular weight excluding hydrogens is 364 g/mol. The largest absolute Gasteiger partial charge is 0.354 e. The van der Waals surface area contributed by atoms with Crippen LogP contribution in [0, 0.1) is 11.8 Å². The van der Waals surface area contributed by atoms with Gasteiger partial charge in [0.25, 0.3) is 5.91 Å². The number of amides is 3. The van der Waals surface area contributed by atoms with Gasteiger partial charge in [0.1, 0.15) is 12.2 Å². The van der Waals surface area contributed by atoms with Crippen molar-refractivity contribution in [2.45, 2.75) is 58.7 Å². The third-order valence-electron chi connectivity index (χ3n) is 5.21. The fraction of sp³-hybridized carbons (Fsp3) is 0.684. The minimum absolute atomic E-state index is 0.00947. The fourth-order valence-corrected chi connectivity index (χ4v) is 4.74. The number of hydrogen-bond acceptors (Lipinski definition) is 5. The lowest BCUT2D eigenvalue weighted by atomic mass is 9.91. The summed E-state index contributed by atoms with van der Waals surface area (Å²) in [6.45, 7) is 8.62. The number of piperazine rings is 1.